The molecule has 0 radical (unpaired) electrons. The molecule has 0 aromatic carbocycles. The minimum Gasteiger partial charge on any atom is -0.346 e. The number of aromatic amines is 1. The van der Waals surface area contributed by atoms with Crippen LogP contribution in [-0.4, -0.2) is 27.1 Å². The number of nitrogens with one attached hydrogen (secondary N) is 2. The molecule has 2 N–H and O–H groups in total. The number of carbonyl (C=O) groups excluding carboxylic acids is 1. The third kappa shape index (κ3) is 3.64. The number of rotatable bonds is 5. The smallest absolute Gasteiger partial charge is 0.291 e. The summed E-state index contributed by atoms with van der Waals surface area (Å²) in [5.74, 6) is 0.717. The number of amides is 1. The van der Waals surface area contributed by atoms with Gasteiger partial charge < -0.3 is 5.32 Å². The number of nitrogens with zero attached hydrogens (tertiary/aromatic N) is 2. The second kappa shape index (κ2) is 5.97. The van der Waals surface area contributed by atoms with Crippen molar-refractivity contribution in [1.82, 2.24) is 20.5 Å². The van der Waals surface area contributed by atoms with Crippen LogP contribution in [0.5, 0.6) is 0 Å². The molecule has 0 bridgehead atoms. The van der Waals surface area contributed by atoms with Crippen molar-refractivity contribution in [3.63, 3.8) is 0 Å². The molecular formula is C13H18N4OS. The maximum Gasteiger partial charge on any atom is 0.291 e. The first kappa shape index (κ1) is 13.7. The highest BCUT2D eigenvalue weighted by Gasteiger charge is 2.15. The van der Waals surface area contributed by atoms with Gasteiger partial charge in [0, 0.05) is 28.6 Å². The van der Waals surface area contributed by atoms with Gasteiger partial charge in [0.2, 0.25) is 5.82 Å². The normalized spacial score (nSPS) is 12.4. The molecule has 5 nitrogen and oxygen atoms in total. The minimum atomic E-state index is -0.225. The van der Waals surface area contributed by atoms with E-state index in [1.54, 1.807) is 11.3 Å². The number of hydrogen-bond acceptors (Lipinski definition) is 4. The first-order chi connectivity index (χ1) is 9.08. The molecule has 2 heterocycles. The number of thiophene rings is 1. The van der Waals surface area contributed by atoms with Crippen LogP contribution < -0.4 is 5.32 Å². The van der Waals surface area contributed by atoms with Crippen molar-refractivity contribution in [3.05, 3.63) is 33.5 Å². The van der Waals surface area contributed by atoms with E-state index in [0.717, 1.165) is 18.7 Å². The molecule has 2 aromatic heterocycles. The molecule has 0 saturated carbocycles. The second-order valence-corrected chi connectivity index (χ2v) is 5.92. The Morgan fingerprint density at radius 1 is 1.53 bits per heavy atom. The van der Waals surface area contributed by atoms with E-state index in [2.05, 4.69) is 39.6 Å². The number of H-pyrrole nitrogens is 1. The van der Waals surface area contributed by atoms with E-state index < -0.39 is 0 Å². The Morgan fingerprint density at radius 2 is 2.32 bits per heavy atom. The minimum absolute atomic E-state index is 0.0640. The molecule has 0 fully saturated rings. The van der Waals surface area contributed by atoms with Crippen LogP contribution in [0.15, 0.2) is 12.1 Å². The topological polar surface area (TPSA) is 70.7 Å². The summed E-state index contributed by atoms with van der Waals surface area (Å²) in [5.41, 5.74) is 0. The number of hydrogen-bond donors (Lipinski definition) is 2. The summed E-state index contributed by atoms with van der Waals surface area (Å²) in [6.07, 6.45) is 1.57. The van der Waals surface area contributed by atoms with E-state index in [-0.39, 0.29) is 17.8 Å². The highest BCUT2D eigenvalue weighted by molar-refractivity contribution is 7.11. The third-order valence-electron chi connectivity index (χ3n) is 2.75. The first-order valence-corrected chi connectivity index (χ1v) is 7.17. The van der Waals surface area contributed by atoms with Crippen LogP contribution in [0.25, 0.3) is 0 Å². The lowest BCUT2D eigenvalue weighted by Crippen LogP contribution is -2.34. The van der Waals surface area contributed by atoms with Gasteiger partial charge in [-0.25, -0.2) is 4.98 Å². The molecule has 2 rings (SSSR count). The molecule has 1 unspecified atom stereocenters. The van der Waals surface area contributed by atoms with Crippen LogP contribution in [0, 0.1) is 6.92 Å². The maximum absolute atomic E-state index is 11.9. The fourth-order valence-corrected chi connectivity index (χ4v) is 2.81. The zero-order valence-electron chi connectivity index (χ0n) is 11.4. The lowest BCUT2D eigenvalue weighted by atomic mass is 10.2. The second-order valence-electron chi connectivity index (χ2n) is 4.55. The van der Waals surface area contributed by atoms with Crippen LogP contribution in [0.4, 0.5) is 0 Å². The van der Waals surface area contributed by atoms with Crippen LogP contribution in [-0.2, 0) is 12.8 Å². The van der Waals surface area contributed by atoms with Gasteiger partial charge >= 0.3 is 0 Å². The first-order valence-electron chi connectivity index (χ1n) is 6.36. The van der Waals surface area contributed by atoms with E-state index in [1.165, 1.54) is 9.75 Å². The molecular weight excluding hydrogens is 260 g/mol. The Hall–Kier alpha value is -1.69. The molecule has 6 heteroatoms. The van der Waals surface area contributed by atoms with E-state index in [4.69, 9.17) is 0 Å². The fourth-order valence-electron chi connectivity index (χ4n) is 1.79. The number of carbonyl (C=O) groups is 1. The predicted octanol–water partition coefficient (Wildman–Crippen LogP) is 2.10. The molecule has 1 amide bonds. The summed E-state index contributed by atoms with van der Waals surface area (Å²) in [4.78, 5) is 18.6. The van der Waals surface area contributed by atoms with E-state index >= 15 is 0 Å². The Balaban J connectivity index is 1.91. The van der Waals surface area contributed by atoms with Gasteiger partial charge in [0.25, 0.3) is 5.91 Å². The van der Waals surface area contributed by atoms with Crippen LogP contribution in [0.1, 0.15) is 40.0 Å². The van der Waals surface area contributed by atoms with Crippen molar-refractivity contribution in [1.29, 1.82) is 0 Å². The van der Waals surface area contributed by atoms with Gasteiger partial charge in [0.1, 0.15) is 5.82 Å². The SMILES string of the molecule is CCc1nc(C(=O)NC(C)Cc2ccc(C)s2)n[nH]1. The Labute approximate surface area is 116 Å². The summed E-state index contributed by atoms with van der Waals surface area (Å²) in [6.45, 7) is 6.03. The van der Waals surface area contributed by atoms with Crippen molar-refractivity contribution in [3.8, 4) is 0 Å². The van der Waals surface area contributed by atoms with Crippen molar-refractivity contribution in [2.45, 2.75) is 39.7 Å². The molecule has 2 aromatic rings. The molecule has 0 aliphatic rings. The van der Waals surface area contributed by atoms with Crippen molar-refractivity contribution >= 4 is 17.2 Å². The lowest BCUT2D eigenvalue weighted by Gasteiger charge is -2.11. The Morgan fingerprint density at radius 3 is 2.89 bits per heavy atom. The quantitative estimate of drug-likeness (QED) is 0.880. The zero-order valence-corrected chi connectivity index (χ0v) is 12.2. The van der Waals surface area contributed by atoms with Gasteiger partial charge in [-0.3, -0.25) is 9.89 Å². The molecule has 0 saturated heterocycles. The Bertz CT molecular complexity index is 560. The lowest BCUT2D eigenvalue weighted by molar-refractivity contribution is 0.0930. The van der Waals surface area contributed by atoms with E-state index in [0.29, 0.717) is 0 Å². The van der Waals surface area contributed by atoms with E-state index in [1.807, 2.05) is 13.8 Å². The monoisotopic (exact) mass is 278 g/mol. The maximum atomic E-state index is 11.9. The van der Waals surface area contributed by atoms with Crippen LogP contribution >= 0.6 is 11.3 Å². The molecule has 0 spiro atoms. The van der Waals surface area contributed by atoms with Gasteiger partial charge in [-0.15, -0.1) is 16.4 Å². The summed E-state index contributed by atoms with van der Waals surface area (Å²) < 4.78 is 0. The van der Waals surface area contributed by atoms with Gasteiger partial charge in [0.15, 0.2) is 0 Å². The Kier molecular flexibility index (Phi) is 4.31. The molecule has 1 atom stereocenters. The molecule has 102 valence electrons. The van der Waals surface area contributed by atoms with Gasteiger partial charge in [0.05, 0.1) is 0 Å². The zero-order chi connectivity index (χ0) is 13.8. The van der Waals surface area contributed by atoms with Gasteiger partial charge in [-0.1, -0.05) is 6.92 Å². The van der Waals surface area contributed by atoms with Gasteiger partial charge in [-0.05, 0) is 26.0 Å². The van der Waals surface area contributed by atoms with E-state index in [9.17, 15) is 4.79 Å². The average Bonchev–Trinajstić information content (AvgIpc) is 2.98. The molecule has 19 heavy (non-hydrogen) atoms. The number of aromatic nitrogens is 3. The third-order valence-corrected chi connectivity index (χ3v) is 3.77. The molecule has 0 aliphatic carbocycles. The summed E-state index contributed by atoms with van der Waals surface area (Å²) in [7, 11) is 0. The highest BCUT2D eigenvalue weighted by Crippen LogP contribution is 2.16. The average molecular weight is 278 g/mol. The number of aryl methyl sites for hydroxylation is 2. The summed E-state index contributed by atoms with van der Waals surface area (Å²) in [5, 5.41) is 9.56. The summed E-state index contributed by atoms with van der Waals surface area (Å²) >= 11 is 1.76. The fraction of sp³-hybridized carbons (Fsp3) is 0.462. The predicted molar refractivity (Wildman–Crippen MR) is 75.4 cm³/mol. The van der Waals surface area contributed by atoms with Crippen molar-refractivity contribution < 1.29 is 4.79 Å². The van der Waals surface area contributed by atoms with Crippen LogP contribution in [0.2, 0.25) is 0 Å². The highest BCUT2D eigenvalue weighted by atomic mass is 32.1. The van der Waals surface area contributed by atoms with Gasteiger partial charge in [-0.2, -0.15) is 0 Å². The van der Waals surface area contributed by atoms with Crippen LogP contribution in [0.3, 0.4) is 0 Å². The molecule has 0 aliphatic heterocycles. The standard InChI is InChI=1S/C13H18N4OS/c1-4-11-15-12(17-16-11)13(18)14-8(2)7-10-6-5-9(3)19-10/h5-6,8H,4,7H2,1-3H3,(H,14,18)(H,15,16,17). The summed E-state index contributed by atoms with van der Waals surface area (Å²) in [6, 6.07) is 4.26. The van der Waals surface area contributed by atoms with Crippen molar-refractivity contribution in [2.75, 3.05) is 0 Å². The van der Waals surface area contributed by atoms with Crippen molar-refractivity contribution in [2.24, 2.45) is 0 Å². The largest absolute Gasteiger partial charge is 0.346 e.